The van der Waals surface area contributed by atoms with Gasteiger partial charge in [-0.1, -0.05) is 24.3 Å². The van der Waals surface area contributed by atoms with Crippen LogP contribution in [0.3, 0.4) is 0 Å². The van der Waals surface area contributed by atoms with Crippen LogP contribution >= 0.6 is 0 Å². The standard InChI is InChI=1S/C15H21N3O2/c1-11-4-2-3-5-13(11)10-17-15(20)18-14(19)12-6-8-16-9-7-12/h2-5,12,16H,6-10H2,1H3,(H2,17,18,19,20). The number of carbonyl (C=O) groups excluding carboxylic acids is 2. The summed E-state index contributed by atoms with van der Waals surface area (Å²) in [7, 11) is 0. The Hall–Kier alpha value is -1.88. The molecular weight excluding hydrogens is 254 g/mol. The summed E-state index contributed by atoms with van der Waals surface area (Å²) < 4.78 is 0. The van der Waals surface area contributed by atoms with E-state index in [1.807, 2.05) is 31.2 Å². The molecule has 1 heterocycles. The van der Waals surface area contributed by atoms with Crippen molar-refractivity contribution in [3.63, 3.8) is 0 Å². The van der Waals surface area contributed by atoms with Crippen molar-refractivity contribution in [2.75, 3.05) is 13.1 Å². The monoisotopic (exact) mass is 275 g/mol. The number of urea groups is 1. The molecule has 108 valence electrons. The summed E-state index contributed by atoms with van der Waals surface area (Å²) in [5.74, 6) is -0.228. The van der Waals surface area contributed by atoms with Gasteiger partial charge < -0.3 is 10.6 Å². The van der Waals surface area contributed by atoms with E-state index < -0.39 is 6.03 Å². The van der Waals surface area contributed by atoms with Crippen molar-refractivity contribution in [1.29, 1.82) is 0 Å². The molecule has 0 spiro atoms. The number of piperidine rings is 1. The van der Waals surface area contributed by atoms with Crippen molar-refractivity contribution >= 4 is 11.9 Å². The Morgan fingerprint density at radius 3 is 2.65 bits per heavy atom. The van der Waals surface area contributed by atoms with Gasteiger partial charge in [0, 0.05) is 12.5 Å². The molecule has 5 heteroatoms. The maximum atomic E-state index is 11.9. The van der Waals surface area contributed by atoms with Crippen molar-refractivity contribution in [2.24, 2.45) is 5.92 Å². The van der Waals surface area contributed by atoms with E-state index >= 15 is 0 Å². The maximum Gasteiger partial charge on any atom is 0.321 e. The lowest BCUT2D eigenvalue weighted by atomic mass is 9.97. The van der Waals surface area contributed by atoms with Crippen molar-refractivity contribution in [2.45, 2.75) is 26.3 Å². The van der Waals surface area contributed by atoms with Crippen molar-refractivity contribution in [3.05, 3.63) is 35.4 Å². The third kappa shape index (κ3) is 4.06. The average Bonchev–Trinajstić information content (AvgIpc) is 2.47. The Morgan fingerprint density at radius 2 is 1.95 bits per heavy atom. The molecule has 1 aromatic rings. The molecule has 1 aliphatic heterocycles. The van der Waals surface area contributed by atoms with E-state index in [0.29, 0.717) is 6.54 Å². The number of aryl methyl sites for hydroxylation is 1. The highest BCUT2D eigenvalue weighted by Crippen LogP contribution is 2.11. The van der Waals surface area contributed by atoms with Gasteiger partial charge in [-0.2, -0.15) is 0 Å². The second-order valence-corrected chi connectivity index (χ2v) is 5.12. The van der Waals surface area contributed by atoms with E-state index in [1.165, 1.54) is 0 Å². The fraction of sp³-hybridized carbons (Fsp3) is 0.467. The highest BCUT2D eigenvalue weighted by atomic mass is 16.2. The Balaban J connectivity index is 1.77. The minimum atomic E-state index is -0.420. The second-order valence-electron chi connectivity index (χ2n) is 5.12. The summed E-state index contributed by atoms with van der Waals surface area (Å²) in [4.78, 5) is 23.6. The fourth-order valence-corrected chi connectivity index (χ4v) is 2.33. The van der Waals surface area contributed by atoms with Gasteiger partial charge in [-0.25, -0.2) is 4.79 Å². The van der Waals surface area contributed by atoms with Crippen LogP contribution in [-0.4, -0.2) is 25.0 Å². The van der Waals surface area contributed by atoms with Gasteiger partial charge in [-0.3, -0.25) is 10.1 Å². The number of imide groups is 1. The Bertz CT molecular complexity index is 482. The first-order chi connectivity index (χ1) is 9.66. The molecule has 0 aliphatic carbocycles. The first-order valence-electron chi connectivity index (χ1n) is 7.00. The fourth-order valence-electron chi connectivity index (χ4n) is 2.33. The lowest BCUT2D eigenvalue weighted by Gasteiger charge is -2.21. The summed E-state index contributed by atoms with van der Waals surface area (Å²) in [5.41, 5.74) is 2.18. The lowest BCUT2D eigenvalue weighted by Crippen LogP contribution is -2.44. The third-order valence-electron chi connectivity index (χ3n) is 3.65. The Morgan fingerprint density at radius 1 is 1.25 bits per heavy atom. The molecule has 0 saturated carbocycles. The van der Waals surface area contributed by atoms with Crippen molar-refractivity contribution < 1.29 is 9.59 Å². The van der Waals surface area contributed by atoms with Crippen molar-refractivity contribution in [1.82, 2.24) is 16.0 Å². The molecule has 1 aliphatic rings. The van der Waals surface area contributed by atoms with Crippen LogP contribution in [0.5, 0.6) is 0 Å². The Labute approximate surface area is 119 Å². The molecule has 0 unspecified atom stereocenters. The molecule has 5 nitrogen and oxygen atoms in total. The summed E-state index contributed by atoms with van der Waals surface area (Å²) in [6.07, 6.45) is 1.58. The lowest BCUT2D eigenvalue weighted by molar-refractivity contribution is -0.124. The number of hydrogen-bond acceptors (Lipinski definition) is 3. The van der Waals surface area contributed by atoms with E-state index in [4.69, 9.17) is 0 Å². The molecular formula is C15H21N3O2. The molecule has 0 bridgehead atoms. The molecule has 3 amide bonds. The van der Waals surface area contributed by atoms with Gasteiger partial charge in [0.2, 0.25) is 5.91 Å². The van der Waals surface area contributed by atoms with Gasteiger partial charge in [0.05, 0.1) is 0 Å². The van der Waals surface area contributed by atoms with Crippen LogP contribution in [0.25, 0.3) is 0 Å². The average molecular weight is 275 g/mol. The van der Waals surface area contributed by atoms with Gasteiger partial charge in [-0.05, 0) is 44.0 Å². The van der Waals surface area contributed by atoms with Crippen LogP contribution in [0.2, 0.25) is 0 Å². The van der Waals surface area contributed by atoms with E-state index in [1.54, 1.807) is 0 Å². The van der Waals surface area contributed by atoms with E-state index in [9.17, 15) is 9.59 Å². The van der Waals surface area contributed by atoms with Crippen LogP contribution in [0.15, 0.2) is 24.3 Å². The summed E-state index contributed by atoms with van der Waals surface area (Å²) in [5, 5.41) is 8.34. The van der Waals surface area contributed by atoms with E-state index in [-0.39, 0.29) is 11.8 Å². The molecule has 1 saturated heterocycles. The molecule has 20 heavy (non-hydrogen) atoms. The Kier molecular flexibility index (Phi) is 5.12. The predicted molar refractivity (Wildman–Crippen MR) is 77.2 cm³/mol. The normalized spacial score (nSPS) is 15.7. The molecule has 0 atom stereocenters. The van der Waals surface area contributed by atoms with Gasteiger partial charge in [0.1, 0.15) is 0 Å². The smallest absolute Gasteiger partial charge is 0.321 e. The highest BCUT2D eigenvalue weighted by molar-refractivity contribution is 5.95. The zero-order chi connectivity index (χ0) is 14.4. The van der Waals surface area contributed by atoms with Crippen LogP contribution in [0, 0.1) is 12.8 Å². The zero-order valence-corrected chi connectivity index (χ0v) is 11.7. The largest absolute Gasteiger partial charge is 0.334 e. The molecule has 0 radical (unpaired) electrons. The first kappa shape index (κ1) is 14.5. The summed E-state index contributed by atoms with van der Waals surface area (Å²) in [6.45, 7) is 4.10. The summed E-state index contributed by atoms with van der Waals surface area (Å²) >= 11 is 0. The van der Waals surface area contributed by atoms with E-state index in [2.05, 4.69) is 16.0 Å². The molecule has 1 fully saturated rings. The minimum absolute atomic E-state index is 0.0551. The molecule has 0 aromatic heterocycles. The van der Waals surface area contributed by atoms with Crippen molar-refractivity contribution in [3.8, 4) is 0 Å². The molecule has 3 N–H and O–H groups in total. The number of benzene rings is 1. The number of rotatable bonds is 3. The highest BCUT2D eigenvalue weighted by Gasteiger charge is 2.22. The van der Waals surface area contributed by atoms with Gasteiger partial charge in [-0.15, -0.1) is 0 Å². The topological polar surface area (TPSA) is 70.2 Å². The van der Waals surface area contributed by atoms with Gasteiger partial charge >= 0.3 is 6.03 Å². The van der Waals surface area contributed by atoms with Crippen LogP contribution in [0.1, 0.15) is 24.0 Å². The van der Waals surface area contributed by atoms with Crippen LogP contribution in [0.4, 0.5) is 4.79 Å². The first-order valence-corrected chi connectivity index (χ1v) is 7.00. The minimum Gasteiger partial charge on any atom is -0.334 e. The quantitative estimate of drug-likeness (QED) is 0.779. The summed E-state index contributed by atoms with van der Waals surface area (Å²) in [6, 6.07) is 7.43. The zero-order valence-electron chi connectivity index (χ0n) is 11.7. The number of hydrogen-bond donors (Lipinski definition) is 3. The maximum absolute atomic E-state index is 11.9. The van der Waals surface area contributed by atoms with Crippen LogP contribution in [-0.2, 0) is 11.3 Å². The predicted octanol–water partition coefficient (Wildman–Crippen LogP) is 1.32. The third-order valence-corrected chi connectivity index (χ3v) is 3.65. The number of nitrogens with one attached hydrogen (secondary N) is 3. The van der Waals surface area contributed by atoms with Crippen LogP contribution < -0.4 is 16.0 Å². The second kappa shape index (κ2) is 7.05. The number of amides is 3. The number of carbonyl (C=O) groups is 2. The SMILES string of the molecule is Cc1ccccc1CNC(=O)NC(=O)C1CCNCC1. The van der Waals surface area contributed by atoms with Gasteiger partial charge in [0.15, 0.2) is 0 Å². The van der Waals surface area contributed by atoms with E-state index in [0.717, 1.165) is 37.1 Å². The molecule has 2 rings (SSSR count). The van der Waals surface area contributed by atoms with Gasteiger partial charge in [0.25, 0.3) is 0 Å². The molecule has 1 aromatic carbocycles.